The van der Waals surface area contributed by atoms with E-state index in [1.807, 2.05) is 54.6 Å². The number of esters is 1. The third-order valence-electron chi connectivity index (χ3n) is 4.64. The summed E-state index contributed by atoms with van der Waals surface area (Å²) in [7, 11) is 0. The minimum absolute atomic E-state index is 0.337. The molecule has 2 heterocycles. The van der Waals surface area contributed by atoms with Gasteiger partial charge in [-0.2, -0.15) is 0 Å². The molecule has 0 saturated carbocycles. The number of rotatable bonds is 0. The smallest absolute Gasteiger partial charge is 0.340 e. The van der Waals surface area contributed by atoms with E-state index in [1.165, 1.54) is 0 Å². The van der Waals surface area contributed by atoms with Crippen molar-refractivity contribution < 1.29 is 14.3 Å². The first-order valence-electron chi connectivity index (χ1n) is 7.70. The van der Waals surface area contributed by atoms with Crippen molar-refractivity contribution in [3.63, 3.8) is 0 Å². The van der Waals surface area contributed by atoms with Crippen LogP contribution >= 0.6 is 0 Å². The third-order valence-corrected chi connectivity index (χ3v) is 4.64. The second-order valence-corrected chi connectivity index (χ2v) is 5.97. The van der Waals surface area contributed by atoms with Gasteiger partial charge in [0, 0.05) is 22.4 Å². The van der Waals surface area contributed by atoms with Crippen molar-refractivity contribution in [1.29, 1.82) is 0 Å². The molecule has 4 nitrogen and oxygen atoms in total. The van der Waals surface area contributed by atoms with Gasteiger partial charge >= 0.3 is 5.97 Å². The Kier molecular flexibility index (Phi) is 2.41. The molecule has 0 aliphatic carbocycles. The Morgan fingerprint density at radius 1 is 0.792 bits per heavy atom. The Morgan fingerprint density at radius 3 is 2.38 bits per heavy atom. The molecule has 1 spiro atoms. The maximum Gasteiger partial charge on any atom is 0.340 e. The maximum atomic E-state index is 12.5. The average molecular weight is 315 g/mol. The van der Waals surface area contributed by atoms with Crippen LogP contribution in [0, 0.1) is 0 Å². The van der Waals surface area contributed by atoms with Gasteiger partial charge in [-0.25, -0.2) is 4.79 Å². The predicted octanol–water partition coefficient (Wildman–Crippen LogP) is 3.84. The second kappa shape index (κ2) is 4.38. The van der Waals surface area contributed by atoms with Crippen molar-refractivity contribution in [1.82, 2.24) is 0 Å². The molecule has 2 N–H and O–H groups in total. The van der Waals surface area contributed by atoms with Crippen LogP contribution in [-0.4, -0.2) is 5.97 Å². The number of fused-ring (bicyclic) bond motifs is 6. The summed E-state index contributed by atoms with van der Waals surface area (Å²) in [6, 6.07) is 20.5. The molecule has 1 unspecified atom stereocenters. The number of ether oxygens (including phenoxy) is 2. The lowest BCUT2D eigenvalue weighted by Crippen LogP contribution is -2.33. The summed E-state index contributed by atoms with van der Waals surface area (Å²) in [5.74, 6) is 0.988. The molecule has 3 aromatic rings. The fraction of sp³-hybridized carbons (Fsp3) is 0.0500. The molecule has 24 heavy (non-hydrogen) atoms. The van der Waals surface area contributed by atoms with E-state index in [1.54, 1.807) is 12.1 Å². The van der Waals surface area contributed by atoms with E-state index in [0.29, 0.717) is 22.7 Å². The molecule has 2 aliphatic heterocycles. The highest BCUT2D eigenvalue weighted by molar-refractivity contribution is 5.97. The van der Waals surface area contributed by atoms with Crippen LogP contribution in [0.3, 0.4) is 0 Å². The topological polar surface area (TPSA) is 61.5 Å². The van der Waals surface area contributed by atoms with Crippen molar-refractivity contribution in [3.8, 4) is 11.5 Å². The van der Waals surface area contributed by atoms with Crippen molar-refractivity contribution in [2.24, 2.45) is 0 Å². The lowest BCUT2D eigenvalue weighted by atomic mass is 9.77. The van der Waals surface area contributed by atoms with Crippen LogP contribution in [0.1, 0.15) is 27.0 Å². The molecule has 0 amide bonds. The van der Waals surface area contributed by atoms with Gasteiger partial charge in [0.2, 0.25) is 0 Å². The van der Waals surface area contributed by atoms with E-state index >= 15 is 0 Å². The molecule has 1 atom stereocenters. The number of para-hydroxylation sites is 1. The Bertz CT molecular complexity index is 1010. The molecule has 0 saturated heterocycles. The summed E-state index contributed by atoms with van der Waals surface area (Å²) < 4.78 is 12.0. The molecular formula is C20H13NO3. The maximum absolute atomic E-state index is 12.5. The molecule has 2 aliphatic rings. The molecule has 0 fully saturated rings. The minimum Gasteiger partial charge on any atom is -0.456 e. The predicted molar refractivity (Wildman–Crippen MR) is 89.1 cm³/mol. The van der Waals surface area contributed by atoms with Gasteiger partial charge in [0.1, 0.15) is 11.5 Å². The van der Waals surface area contributed by atoms with Crippen LogP contribution in [0.2, 0.25) is 0 Å². The molecular weight excluding hydrogens is 302 g/mol. The largest absolute Gasteiger partial charge is 0.456 e. The third kappa shape index (κ3) is 1.50. The van der Waals surface area contributed by atoms with Gasteiger partial charge in [-0.1, -0.05) is 36.4 Å². The van der Waals surface area contributed by atoms with Crippen LogP contribution in [0.5, 0.6) is 11.5 Å². The second-order valence-electron chi connectivity index (χ2n) is 5.97. The molecule has 116 valence electrons. The monoisotopic (exact) mass is 315 g/mol. The van der Waals surface area contributed by atoms with Gasteiger partial charge in [-0.05, 0) is 30.3 Å². The standard InChI is InChI=1S/C20H13NO3/c21-12-9-10-18-16(11-12)20(15-7-3-4-8-17(15)23-18)14-6-2-1-5-13(14)19(22)24-20/h1-11H,21H2. The van der Waals surface area contributed by atoms with Gasteiger partial charge in [0.15, 0.2) is 5.60 Å². The van der Waals surface area contributed by atoms with Gasteiger partial charge in [-0.3, -0.25) is 0 Å². The zero-order valence-electron chi connectivity index (χ0n) is 12.7. The van der Waals surface area contributed by atoms with Crippen molar-refractivity contribution in [2.75, 3.05) is 5.73 Å². The lowest BCUT2D eigenvalue weighted by molar-refractivity contribution is 0.0224. The Balaban J connectivity index is 1.93. The lowest BCUT2D eigenvalue weighted by Gasteiger charge is -2.36. The highest BCUT2D eigenvalue weighted by Gasteiger charge is 2.53. The SMILES string of the molecule is Nc1ccc2c(c1)C1(OC(=O)c3ccccc31)c1ccccc1O2. The molecule has 0 aromatic heterocycles. The first-order valence-corrected chi connectivity index (χ1v) is 7.70. The summed E-state index contributed by atoms with van der Waals surface area (Å²) in [6.07, 6.45) is 0. The molecule has 0 radical (unpaired) electrons. The van der Waals surface area contributed by atoms with E-state index in [2.05, 4.69) is 0 Å². The van der Waals surface area contributed by atoms with E-state index in [9.17, 15) is 4.79 Å². The van der Waals surface area contributed by atoms with E-state index in [4.69, 9.17) is 15.2 Å². The van der Waals surface area contributed by atoms with Crippen LogP contribution in [0.15, 0.2) is 66.7 Å². The number of hydrogen-bond acceptors (Lipinski definition) is 4. The average Bonchev–Trinajstić information content (AvgIpc) is 2.90. The molecule has 3 aromatic carbocycles. The molecule has 5 rings (SSSR count). The zero-order chi connectivity index (χ0) is 16.3. The van der Waals surface area contributed by atoms with Crippen LogP contribution in [0.4, 0.5) is 5.69 Å². The summed E-state index contributed by atoms with van der Waals surface area (Å²) in [5.41, 5.74) is 8.53. The number of hydrogen-bond donors (Lipinski definition) is 1. The number of nitrogen functional groups attached to an aromatic ring is 1. The summed E-state index contributed by atoms with van der Waals surface area (Å²) in [4.78, 5) is 12.5. The summed E-state index contributed by atoms with van der Waals surface area (Å²) in [5, 5.41) is 0. The minimum atomic E-state index is -1.02. The van der Waals surface area contributed by atoms with E-state index in [0.717, 1.165) is 16.7 Å². The van der Waals surface area contributed by atoms with Crippen molar-refractivity contribution in [2.45, 2.75) is 5.60 Å². The Hall–Kier alpha value is -3.27. The fourth-order valence-electron chi connectivity index (χ4n) is 3.64. The van der Waals surface area contributed by atoms with Crippen molar-refractivity contribution in [3.05, 3.63) is 89.0 Å². The molecule has 4 heteroatoms. The summed E-state index contributed by atoms with van der Waals surface area (Å²) >= 11 is 0. The van der Waals surface area contributed by atoms with Gasteiger partial charge in [0.05, 0.1) is 5.56 Å². The number of carbonyl (C=O) groups excluding carboxylic acids is 1. The fourth-order valence-corrected chi connectivity index (χ4v) is 3.64. The zero-order valence-corrected chi connectivity index (χ0v) is 12.7. The van der Waals surface area contributed by atoms with E-state index < -0.39 is 5.60 Å². The van der Waals surface area contributed by atoms with Crippen LogP contribution in [0.25, 0.3) is 0 Å². The Morgan fingerprint density at radius 2 is 1.50 bits per heavy atom. The van der Waals surface area contributed by atoms with Gasteiger partial charge < -0.3 is 15.2 Å². The highest BCUT2D eigenvalue weighted by Crippen LogP contribution is 2.56. The first kappa shape index (κ1) is 13.2. The van der Waals surface area contributed by atoms with Gasteiger partial charge in [-0.15, -0.1) is 0 Å². The number of nitrogens with two attached hydrogens (primary N) is 1. The van der Waals surface area contributed by atoms with Crippen molar-refractivity contribution >= 4 is 11.7 Å². The molecule has 0 bridgehead atoms. The number of anilines is 1. The summed E-state index contributed by atoms with van der Waals surface area (Å²) in [6.45, 7) is 0. The highest BCUT2D eigenvalue weighted by atomic mass is 16.6. The number of carbonyl (C=O) groups is 1. The first-order chi connectivity index (χ1) is 11.7. The Labute approximate surface area is 138 Å². The number of benzene rings is 3. The van der Waals surface area contributed by atoms with E-state index in [-0.39, 0.29) is 5.97 Å². The normalized spacial score (nSPS) is 19.9. The van der Waals surface area contributed by atoms with Crippen LogP contribution < -0.4 is 10.5 Å². The quantitative estimate of drug-likeness (QED) is 0.506. The van der Waals surface area contributed by atoms with Crippen LogP contribution in [-0.2, 0) is 10.3 Å². The van der Waals surface area contributed by atoms with Gasteiger partial charge in [0.25, 0.3) is 0 Å².